The number of halogens is 1. The molecule has 0 aromatic heterocycles. The van der Waals surface area contributed by atoms with Gasteiger partial charge in [-0.25, -0.2) is 0 Å². The van der Waals surface area contributed by atoms with Crippen molar-refractivity contribution in [2.45, 2.75) is 51.3 Å². The van der Waals surface area contributed by atoms with Gasteiger partial charge in [-0.3, -0.25) is 0 Å². The second kappa shape index (κ2) is 7.43. The first-order valence-corrected chi connectivity index (χ1v) is 8.27. The van der Waals surface area contributed by atoms with E-state index in [1.165, 1.54) is 24.2 Å². The van der Waals surface area contributed by atoms with Crippen LogP contribution in [0.1, 0.15) is 33.1 Å². The number of likely N-dealkylation sites (tertiary alicyclic amines) is 1. The first-order valence-electron chi connectivity index (χ1n) is 7.48. The van der Waals surface area contributed by atoms with Crippen molar-refractivity contribution in [2.75, 3.05) is 13.2 Å². The Hall–Kier alpha value is -0.580. The predicted octanol–water partition coefficient (Wildman–Crippen LogP) is 2.03. The van der Waals surface area contributed by atoms with E-state index in [2.05, 4.69) is 29.8 Å². The van der Waals surface area contributed by atoms with Crippen LogP contribution in [0, 0.1) is 0 Å². The lowest BCUT2D eigenvalue weighted by Crippen LogP contribution is -3.20. The molecule has 3 nitrogen and oxygen atoms in total. The fraction of sp³-hybridized carbons (Fsp3) is 0.625. The van der Waals surface area contributed by atoms with Crippen molar-refractivity contribution in [3.8, 4) is 5.75 Å². The van der Waals surface area contributed by atoms with E-state index in [-0.39, 0.29) is 0 Å². The van der Waals surface area contributed by atoms with Gasteiger partial charge < -0.3 is 14.7 Å². The molecule has 1 heterocycles. The van der Waals surface area contributed by atoms with Crippen LogP contribution in [0.15, 0.2) is 28.7 Å². The lowest BCUT2D eigenvalue weighted by molar-refractivity contribution is -0.954. The molecule has 112 valence electrons. The van der Waals surface area contributed by atoms with Crippen LogP contribution in [0.5, 0.6) is 5.75 Å². The first kappa shape index (κ1) is 15.8. The normalized spacial score (nSPS) is 25.4. The summed E-state index contributed by atoms with van der Waals surface area (Å²) in [5.74, 6) is 0.807. The van der Waals surface area contributed by atoms with Gasteiger partial charge in [0.05, 0.1) is 12.1 Å². The van der Waals surface area contributed by atoms with E-state index in [1.807, 2.05) is 24.3 Å². The van der Waals surface area contributed by atoms with Gasteiger partial charge in [0.2, 0.25) is 0 Å². The van der Waals surface area contributed by atoms with Crippen molar-refractivity contribution < 1.29 is 14.7 Å². The molecule has 1 aromatic rings. The fourth-order valence-electron chi connectivity index (χ4n) is 3.04. The summed E-state index contributed by atoms with van der Waals surface area (Å²) in [6.07, 6.45) is 3.44. The third-order valence-electron chi connectivity index (χ3n) is 4.27. The minimum absolute atomic E-state index is 0.366. The van der Waals surface area contributed by atoms with Gasteiger partial charge in [-0.15, -0.1) is 0 Å². The van der Waals surface area contributed by atoms with Crippen molar-refractivity contribution >= 4 is 15.9 Å². The Labute approximate surface area is 130 Å². The zero-order valence-electron chi connectivity index (χ0n) is 12.3. The van der Waals surface area contributed by atoms with Crippen LogP contribution in [-0.4, -0.2) is 36.4 Å². The van der Waals surface area contributed by atoms with Crippen molar-refractivity contribution in [3.05, 3.63) is 28.7 Å². The second-order valence-corrected chi connectivity index (χ2v) is 6.85. The summed E-state index contributed by atoms with van der Waals surface area (Å²) in [7, 11) is 0. The van der Waals surface area contributed by atoms with Gasteiger partial charge in [0.15, 0.2) is 0 Å². The highest BCUT2D eigenvalue weighted by atomic mass is 79.9. The summed E-state index contributed by atoms with van der Waals surface area (Å²) in [4.78, 5) is 1.52. The van der Waals surface area contributed by atoms with Gasteiger partial charge in [0.1, 0.15) is 25.0 Å². The molecule has 4 heteroatoms. The van der Waals surface area contributed by atoms with Crippen molar-refractivity contribution in [3.63, 3.8) is 0 Å². The number of benzene rings is 1. The quantitative estimate of drug-likeness (QED) is 0.858. The van der Waals surface area contributed by atoms with Gasteiger partial charge in [-0.1, -0.05) is 15.9 Å². The molecule has 1 saturated heterocycles. The van der Waals surface area contributed by atoms with Gasteiger partial charge in [-0.05, 0) is 57.4 Å². The highest BCUT2D eigenvalue weighted by Crippen LogP contribution is 2.16. The monoisotopic (exact) mass is 342 g/mol. The Balaban J connectivity index is 1.79. The van der Waals surface area contributed by atoms with Crippen molar-refractivity contribution in [1.29, 1.82) is 0 Å². The first-order chi connectivity index (χ1) is 9.56. The Morgan fingerprint density at radius 2 is 1.85 bits per heavy atom. The van der Waals surface area contributed by atoms with E-state index < -0.39 is 6.10 Å². The van der Waals surface area contributed by atoms with Crippen molar-refractivity contribution in [1.82, 2.24) is 0 Å². The molecule has 0 spiro atoms. The molecule has 0 aliphatic carbocycles. The summed E-state index contributed by atoms with van der Waals surface area (Å²) in [6, 6.07) is 9.00. The fourth-order valence-corrected chi connectivity index (χ4v) is 3.31. The third-order valence-corrected chi connectivity index (χ3v) is 4.80. The zero-order valence-corrected chi connectivity index (χ0v) is 13.9. The number of aliphatic hydroxyl groups excluding tert-OH is 1. The van der Waals surface area contributed by atoms with Crippen LogP contribution in [0.2, 0.25) is 0 Å². The molecule has 0 saturated carbocycles. The molecular weight excluding hydrogens is 318 g/mol. The molecule has 1 aromatic carbocycles. The average molecular weight is 343 g/mol. The summed E-state index contributed by atoms with van der Waals surface area (Å²) >= 11 is 3.40. The highest BCUT2D eigenvalue weighted by Gasteiger charge is 2.30. The maximum Gasteiger partial charge on any atom is 0.137 e. The number of aliphatic hydroxyl groups is 1. The number of hydrogen-bond donors (Lipinski definition) is 2. The molecule has 0 unspecified atom stereocenters. The maximum absolute atomic E-state index is 10.2. The molecule has 1 fully saturated rings. The predicted molar refractivity (Wildman–Crippen MR) is 84.2 cm³/mol. The standard InChI is InChI=1S/C16H24BrNO2/c1-12-4-3-5-13(2)18(12)10-15(19)11-20-16-8-6-14(17)7-9-16/h6-9,12-13,15,19H,3-5,10-11H2,1-2H3/p+1/t12-,13-,15-/m0/s1. The topological polar surface area (TPSA) is 33.9 Å². The van der Waals surface area contributed by atoms with Crippen molar-refractivity contribution in [2.24, 2.45) is 0 Å². The van der Waals surface area contributed by atoms with E-state index in [4.69, 9.17) is 4.74 Å². The van der Waals surface area contributed by atoms with Crippen LogP contribution >= 0.6 is 15.9 Å². The van der Waals surface area contributed by atoms with E-state index in [0.717, 1.165) is 16.8 Å². The average Bonchev–Trinajstić information content (AvgIpc) is 2.42. The SMILES string of the molecule is C[C@H]1CCC[C@H](C)[NH+]1C[C@H](O)COc1ccc(Br)cc1. The largest absolute Gasteiger partial charge is 0.491 e. The van der Waals surface area contributed by atoms with E-state index >= 15 is 0 Å². The van der Waals surface area contributed by atoms with Gasteiger partial charge >= 0.3 is 0 Å². The summed E-state index contributed by atoms with van der Waals surface area (Å²) < 4.78 is 6.68. The molecular formula is C16H25BrNO2+. The maximum atomic E-state index is 10.2. The summed E-state index contributed by atoms with van der Waals surface area (Å²) in [6.45, 7) is 5.71. The van der Waals surface area contributed by atoms with Crippen LogP contribution in [0.3, 0.4) is 0 Å². The highest BCUT2D eigenvalue weighted by molar-refractivity contribution is 9.10. The van der Waals surface area contributed by atoms with Gasteiger partial charge in [-0.2, -0.15) is 0 Å². The molecule has 20 heavy (non-hydrogen) atoms. The molecule has 0 amide bonds. The number of nitrogens with one attached hydrogen (secondary N) is 1. The van der Waals surface area contributed by atoms with Crippen LogP contribution in [-0.2, 0) is 0 Å². The third kappa shape index (κ3) is 4.47. The number of ether oxygens (including phenoxy) is 1. The molecule has 3 atom stereocenters. The molecule has 0 radical (unpaired) electrons. The Bertz CT molecular complexity index is 399. The number of rotatable bonds is 5. The Morgan fingerprint density at radius 3 is 2.45 bits per heavy atom. The van der Waals surface area contributed by atoms with E-state index in [9.17, 15) is 5.11 Å². The Morgan fingerprint density at radius 1 is 1.25 bits per heavy atom. The van der Waals surface area contributed by atoms with Crippen LogP contribution < -0.4 is 9.64 Å². The molecule has 1 aliphatic heterocycles. The van der Waals surface area contributed by atoms with Gasteiger partial charge in [0, 0.05) is 4.47 Å². The number of quaternary nitrogens is 1. The lowest BCUT2D eigenvalue weighted by atomic mass is 9.97. The summed E-state index contributed by atoms with van der Waals surface area (Å²) in [5, 5.41) is 10.2. The second-order valence-electron chi connectivity index (χ2n) is 5.93. The molecule has 2 rings (SSSR count). The van der Waals surface area contributed by atoms with Crippen LogP contribution in [0.25, 0.3) is 0 Å². The smallest absolute Gasteiger partial charge is 0.137 e. The number of piperidine rings is 1. The summed E-state index contributed by atoms with van der Waals surface area (Å²) in [5.41, 5.74) is 0. The van der Waals surface area contributed by atoms with E-state index in [0.29, 0.717) is 18.7 Å². The lowest BCUT2D eigenvalue weighted by Gasteiger charge is -2.36. The van der Waals surface area contributed by atoms with Gasteiger partial charge in [0.25, 0.3) is 0 Å². The van der Waals surface area contributed by atoms with E-state index in [1.54, 1.807) is 0 Å². The zero-order chi connectivity index (χ0) is 14.5. The minimum Gasteiger partial charge on any atom is -0.491 e. The number of hydrogen-bond acceptors (Lipinski definition) is 2. The van der Waals surface area contributed by atoms with Crippen LogP contribution in [0.4, 0.5) is 0 Å². The molecule has 0 bridgehead atoms. The Kier molecular flexibility index (Phi) is 5.87. The minimum atomic E-state index is -0.406. The molecule has 1 aliphatic rings. The molecule has 2 N–H and O–H groups in total.